The van der Waals surface area contributed by atoms with Gasteiger partial charge in [0.25, 0.3) is 0 Å². The maximum atomic E-state index is 8.54. The Hall–Kier alpha value is -1.74. The summed E-state index contributed by atoms with van der Waals surface area (Å²) in [5.74, 6) is 0. The molecule has 0 unspecified atom stereocenters. The van der Waals surface area contributed by atoms with E-state index in [2.05, 4.69) is 11.8 Å². The van der Waals surface area contributed by atoms with Crippen LogP contribution in [0.1, 0.15) is 19.8 Å². The lowest BCUT2D eigenvalue weighted by Gasteiger charge is -2.16. The van der Waals surface area contributed by atoms with Gasteiger partial charge in [0.1, 0.15) is 17.7 Å². The Morgan fingerprint density at radius 2 is 2.21 bits per heavy atom. The van der Waals surface area contributed by atoms with Crippen molar-refractivity contribution in [2.75, 3.05) is 13.1 Å². The Morgan fingerprint density at radius 3 is 2.79 bits per heavy atom. The van der Waals surface area contributed by atoms with Crippen LogP contribution in [0.5, 0.6) is 0 Å². The van der Waals surface area contributed by atoms with E-state index < -0.39 is 0 Å². The van der Waals surface area contributed by atoms with Crippen LogP contribution in [0.4, 0.5) is 0 Å². The minimum Gasteiger partial charge on any atom is -0.375 e. The van der Waals surface area contributed by atoms with Crippen LogP contribution >= 0.6 is 0 Å². The van der Waals surface area contributed by atoms with Gasteiger partial charge in [-0.25, -0.2) is 0 Å². The summed E-state index contributed by atoms with van der Waals surface area (Å²) in [5, 5.41) is 17.1. The van der Waals surface area contributed by atoms with Gasteiger partial charge in [0, 0.05) is 18.8 Å². The molecule has 0 saturated carbocycles. The zero-order valence-electron chi connectivity index (χ0n) is 8.32. The molecule has 0 N–H and O–H groups in total. The van der Waals surface area contributed by atoms with Crippen LogP contribution in [-0.4, -0.2) is 18.0 Å². The average Bonchev–Trinajstić information content (AvgIpc) is 2.67. The monoisotopic (exact) mass is 187 g/mol. The van der Waals surface area contributed by atoms with E-state index in [1.54, 1.807) is 6.08 Å². The van der Waals surface area contributed by atoms with Crippen LogP contribution in [0.15, 0.2) is 23.4 Å². The molecule has 1 saturated heterocycles. The summed E-state index contributed by atoms with van der Waals surface area (Å²) >= 11 is 0. The van der Waals surface area contributed by atoms with Gasteiger partial charge in [-0.05, 0) is 31.9 Å². The van der Waals surface area contributed by atoms with E-state index in [9.17, 15) is 0 Å². The maximum absolute atomic E-state index is 8.54. The summed E-state index contributed by atoms with van der Waals surface area (Å²) < 4.78 is 0. The Kier molecular flexibility index (Phi) is 3.76. The molecular weight excluding hydrogens is 174 g/mol. The lowest BCUT2D eigenvalue weighted by molar-refractivity contribution is 0.415. The first-order valence-corrected chi connectivity index (χ1v) is 4.77. The molecule has 0 bridgehead atoms. The highest BCUT2D eigenvalue weighted by molar-refractivity contribution is 5.38. The molecule has 0 aliphatic carbocycles. The predicted molar refractivity (Wildman–Crippen MR) is 53.9 cm³/mol. The van der Waals surface area contributed by atoms with Crippen molar-refractivity contribution in [2.45, 2.75) is 19.8 Å². The Morgan fingerprint density at radius 1 is 1.50 bits per heavy atom. The van der Waals surface area contributed by atoms with Gasteiger partial charge < -0.3 is 4.90 Å². The summed E-state index contributed by atoms with van der Waals surface area (Å²) in [6.45, 7) is 4.19. The zero-order valence-corrected chi connectivity index (χ0v) is 8.32. The number of hydrogen-bond acceptors (Lipinski definition) is 3. The van der Waals surface area contributed by atoms with E-state index in [-0.39, 0.29) is 5.57 Å². The lowest BCUT2D eigenvalue weighted by atomic mass is 10.2. The summed E-state index contributed by atoms with van der Waals surface area (Å²) in [7, 11) is 0. The smallest absolute Gasteiger partial charge is 0.129 e. The van der Waals surface area contributed by atoms with Crippen molar-refractivity contribution in [1.29, 1.82) is 10.5 Å². The molecular formula is C11H13N3. The summed E-state index contributed by atoms with van der Waals surface area (Å²) in [5.41, 5.74) is 1.40. The molecule has 0 radical (unpaired) electrons. The van der Waals surface area contributed by atoms with Gasteiger partial charge in [-0.15, -0.1) is 0 Å². The van der Waals surface area contributed by atoms with Gasteiger partial charge in [-0.1, -0.05) is 0 Å². The lowest BCUT2D eigenvalue weighted by Crippen LogP contribution is -2.16. The third-order valence-electron chi connectivity index (χ3n) is 2.33. The fourth-order valence-corrected chi connectivity index (χ4v) is 1.58. The molecule has 1 heterocycles. The highest BCUT2D eigenvalue weighted by Gasteiger charge is 2.13. The van der Waals surface area contributed by atoms with Crippen molar-refractivity contribution < 1.29 is 0 Å². The van der Waals surface area contributed by atoms with Gasteiger partial charge in [0.2, 0.25) is 0 Å². The first-order chi connectivity index (χ1) is 6.81. The quantitative estimate of drug-likeness (QED) is 0.621. The van der Waals surface area contributed by atoms with E-state index in [4.69, 9.17) is 10.5 Å². The largest absolute Gasteiger partial charge is 0.375 e. The van der Waals surface area contributed by atoms with Crippen LogP contribution in [0, 0.1) is 22.7 Å². The fraction of sp³-hybridized carbons (Fsp3) is 0.455. The van der Waals surface area contributed by atoms with Crippen LogP contribution < -0.4 is 0 Å². The van der Waals surface area contributed by atoms with Crippen LogP contribution in [0.2, 0.25) is 0 Å². The van der Waals surface area contributed by atoms with E-state index in [0.29, 0.717) is 0 Å². The van der Waals surface area contributed by atoms with Crippen molar-refractivity contribution in [3.8, 4) is 12.1 Å². The highest BCUT2D eigenvalue weighted by atomic mass is 15.1. The molecule has 0 amide bonds. The van der Waals surface area contributed by atoms with Crippen LogP contribution in [0.25, 0.3) is 0 Å². The Labute approximate surface area is 84.5 Å². The first kappa shape index (κ1) is 10.3. The van der Waals surface area contributed by atoms with E-state index in [0.717, 1.165) is 19.5 Å². The van der Waals surface area contributed by atoms with Gasteiger partial charge in [0.15, 0.2) is 0 Å². The topological polar surface area (TPSA) is 50.8 Å². The van der Waals surface area contributed by atoms with Crippen molar-refractivity contribution in [1.82, 2.24) is 4.90 Å². The standard InChI is InChI=1S/C11H13N3/c1-2-14-7-3-4-11(14)6-5-10(8-12)9-13/h5-6H,2-4,7H2,1H3/b11-6-. The maximum Gasteiger partial charge on any atom is 0.129 e. The van der Waals surface area contributed by atoms with Gasteiger partial charge in [-0.3, -0.25) is 0 Å². The summed E-state index contributed by atoms with van der Waals surface area (Å²) in [6.07, 6.45) is 5.71. The summed E-state index contributed by atoms with van der Waals surface area (Å²) in [4.78, 5) is 2.27. The van der Waals surface area contributed by atoms with Crippen molar-refractivity contribution in [3.63, 3.8) is 0 Å². The van der Waals surface area contributed by atoms with E-state index >= 15 is 0 Å². The van der Waals surface area contributed by atoms with Crippen LogP contribution in [0.3, 0.4) is 0 Å². The normalized spacial score (nSPS) is 17.6. The average molecular weight is 187 g/mol. The zero-order chi connectivity index (χ0) is 10.4. The molecule has 1 aliphatic rings. The number of hydrogen-bond donors (Lipinski definition) is 0. The number of nitrogens with zero attached hydrogens (tertiary/aromatic N) is 3. The van der Waals surface area contributed by atoms with E-state index in [1.807, 2.05) is 18.2 Å². The molecule has 72 valence electrons. The molecule has 0 atom stereocenters. The molecule has 1 aliphatic heterocycles. The first-order valence-electron chi connectivity index (χ1n) is 4.77. The van der Waals surface area contributed by atoms with Crippen LogP contribution in [-0.2, 0) is 0 Å². The van der Waals surface area contributed by atoms with Crippen molar-refractivity contribution in [3.05, 3.63) is 23.4 Å². The summed E-state index contributed by atoms with van der Waals surface area (Å²) in [6, 6.07) is 3.69. The molecule has 0 aromatic rings. The van der Waals surface area contributed by atoms with Crippen molar-refractivity contribution in [2.24, 2.45) is 0 Å². The minimum absolute atomic E-state index is 0.167. The third kappa shape index (κ3) is 2.37. The molecule has 14 heavy (non-hydrogen) atoms. The second-order valence-electron chi connectivity index (χ2n) is 3.15. The Bertz CT molecular complexity index is 323. The molecule has 0 spiro atoms. The highest BCUT2D eigenvalue weighted by Crippen LogP contribution is 2.20. The molecule has 1 fully saturated rings. The minimum atomic E-state index is 0.167. The molecule has 3 nitrogen and oxygen atoms in total. The molecule has 1 rings (SSSR count). The van der Waals surface area contributed by atoms with Crippen molar-refractivity contribution >= 4 is 0 Å². The number of rotatable bonds is 2. The second-order valence-corrected chi connectivity index (χ2v) is 3.15. The number of nitriles is 2. The molecule has 0 aromatic heterocycles. The third-order valence-corrected chi connectivity index (χ3v) is 2.33. The number of likely N-dealkylation sites (tertiary alicyclic amines) is 1. The second kappa shape index (κ2) is 5.09. The Balaban J connectivity index is 2.75. The number of allylic oxidation sites excluding steroid dienone is 4. The van der Waals surface area contributed by atoms with Gasteiger partial charge in [0.05, 0.1) is 0 Å². The molecule has 3 heteroatoms. The van der Waals surface area contributed by atoms with Gasteiger partial charge >= 0.3 is 0 Å². The molecule has 0 aromatic carbocycles. The SMILES string of the molecule is CCN1CCC/C1=C/C=C(C#N)C#N. The predicted octanol–water partition coefficient (Wildman–Crippen LogP) is 1.96. The van der Waals surface area contributed by atoms with E-state index in [1.165, 1.54) is 12.1 Å². The van der Waals surface area contributed by atoms with Gasteiger partial charge in [-0.2, -0.15) is 10.5 Å². The fourth-order valence-electron chi connectivity index (χ4n) is 1.58.